The van der Waals surface area contributed by atoms with Crippen LogP contribution in [-0.4, -0.2) is 45.9 Å². The number of amides is 2. The van der Waals surface area contributed by atoms with Crippen molar-refractivity contribution < 1.29 is 14.3 Å². The second kappa shape index (κ2) is 10.8. The molecule has 10 heteroatoms. The first kappa shape index (κ1) is 25.2. The summed E-state index contributed by atoms with van der Waals surface area (Å²) in [5.74, 6) is 0.378. The van der Waals surface area contributed by atoms with Gasteiger partial charge in [-0.2, -0.15) is 0 Å². The molecule has 2 aromatic heterocycles. The van der Waals surface area contributed by atoms with E-state index in [-0.39, 0.29) is 29.8 Å². The number of anilines is 1. The van der Waals surface area contributed by atoms with Crippen LogP contribution >= 0.6 is 34.8 Å². The van der Waals surface area contributed by atoms with Gasteiger partial charge in [0, 0.05) is 50.3 Å². The van der Waals surface area contributed by atoms with Gasteiger partial charge in [0.1, 0.15) is 11.9 Å². The van der Waals surface area contributed by atoms with Crippen molar-refractivity contribution in [2.45, 2.75) is 25.9 Å². The fourth-order valence-electron chi connectivity index (χ4n) is 4.23. The molecule has 1 aliphatic rings. The molecule has 1 unspecified atom stereocenters. The fraction of sp³-hybridized carbons (Fsp3) is 0.280. The minimum absolute atomic E-state index is 0.0392. The summed E-state index contributed by atoms with van der Waals surface area (Å²) in [7, 11) is 0. The molecule has 1 aliphatic heterocycles. The van der Waals surface area contributed by atoms with Gasteiger partial charge in [-0.15, -0.1) is 0 Å². The molecule has 3 aromatic rings. The third-order valence-corrected chi connectivity index (χ3v) is 6.91. The highest BCUT2D eigenvalue weighted by Gasteiger charge is 2.40. The van der Waals surface area contributed by atoms with Gasteiger partial charge < -0.3 is 15.0 Å². The number of carbonyl (C=O) groups excluding carboxylic acids is 2. The highest BCUT2D eigenvalue weighted by molar-refractivity contribution is 6.42. The monoisotopic (exact) mass is 532 g/mol. The van der Waals surface area contributed by atoms with Crippen molar-refractivity contribution in [3.63, 3.8) is 0 Å². The molecule has 2 amide bonds. The molecule has 4 rings (SSSR count). The van der Waals surface area contributed by atoms with Crippen molar-refractivity contribution in [2.75, 3.05) is 18.4 Å². The van der Waals surface area contributed by atoms with E-state index >= 15 is 0 Å². The minimum Gasteiger partial charge on any atom is -0.474 e. The number of halogens is 3. The zero-order valence-electron chi connectivity index (χ0n) is 19.0. The Morgan fingerprint density at radius 1 is 1.03 bits per heavy atom. The summed E-state index contributed by atoms with van der Waals surface area (Å²) in [6.45, 7) is 4.29. The maximum atomic E-state index is 13.3. The van der Waals surface area contributed by atoms with Crippen molar-refractivity contribution in [2.24, 2.45) is 5.92 Å². The molecule has 0 radical (unpaired) electrons. The second-order valence-corrected chi connectivity index (χ2v) is 9.66. The van der Waals surface area contributed by atoms with E-state index in [1.165, 1.54) is 19.3 Å². The van der Waals surface area contributed by atoms with Gasteiger partial charge in [0.2, 0.25) is 11.8 Å². The van der Waals surface area contributed by atoms with E-state index in [4.69, 9.17) is 39.5 Å². The van der Waals surface area contributed by atoms with E-state index in [1.807, 2.05) is 19.1 Å². The molecule has 1 aromatic carbocycles. The Hall–Kier alpha value is -2.87. The summed E-state index contributed by atoms with van der Waals surface area (Å²) in [5, 5.41) is 4.05. The molecule has 7 nitrogen and oxygen atoms in total. The number of hydrogen-bond acceptors (Lipinski definition) is 5. The van der Waals surface area contributed by atoms with Gasteiger partial charge in [-0.3, -0.25) is 9.59 Å². The average Bonchev–Trinajstić information content (AvgIpc) is 3.28. The number of likely N-dealkylation sites (tertiary alicyclic amines) is 1. The molecule has 35 heavy (non-hydrogen) atoms. The summed E-state index contributed by atoms with van der Waals surface area (Å²) >= 11 is 18.4. The van der Waals surface area contributed by atoms with Crippen LogP contribution in [0.15, 0.2) is 54.9 Å². The van der Waals surface area contributed by atoms with Gasteiger partial charge >= 0.3 is 0 Å². The lowest BCUT2D eigenvalue weighted by atomic mass is 9.86. The van der Waals surface area contributed by atoms with E-state index in [9.17, 15) is 9.59 Å². The molecule has 1 saturated heterocycles. The number of hydrogen-bond donors (Lipinski definition) is 1. The summed E-state index contributed by atoms with van der Waals surface area (Å²) in [6, 6.07) is 12.2. The zero-order chi connectivity index (χ0) is 25.1. The van der Waals surface area contributed by atoms with Crippen LogP contribution in [0.25, 0.3) is 0 Å². The number of rotatable bonds is 6. The third-order valence-electron chi connectivity index (χ3n) is 5.95. The summed E-state index contributed by atoms with van der Waals surface area (Å²) in [4.78, 5) is 34.7. The predicted molar refractivity (Wildman–Crippen MR) is 136 cm³/mol. The van der Waals surface area contributed by atoms with E-state index in [0.717, 1.165) is 5.56 Å². The van der Waals surface area contributed by atoms with Crippen molar-refractivity contribution in [3.05, 3.63) is 81.1 Å². The summed E-state index contributed by atoms with van der Waals surface area (Å²) in [6.07, 6.45) is 2.73. The van der Waals surface area contributed by atoms with E-state index < -0.39 is 0 Å². The quantitative estimate of drug-likeness (QED) is 0.438. The zero-order valence-corrected chi connectivity index (χ0v) is 21.3. The Kier molecular flexibility index (Phi) is 7.79. The highest BCUT2D eigenvalue weighted by Crippen LogP contribution is 2.38. The number of ether oxygens (including phenoxy) is 1. The normalized spacial score (nSPS) is 18.3. The van der Waals surface area contributed by atoms with Crippen molar-refractivity contribution >= 4 is 52.4 Å². The Morgan fingerprint density at radius 2 is 1.83 bits per heavy atom. The summed E-state index contributed by atoms with van der Waals surface area (Å²) in [5.41, 5.74) is 1.40. The van der Waals surface area contributed by atoms with Crippen LogP contribution in [0.4, 0.5) is 5.82 Å². The van der Waals surface area contributed by atoms with Crippen LogP contribution in [0.1, 0.15) is 35.7 Å². The topological polar surface area (TPSA) is 84.4 Å². The van der Waals surface area contributed by atoms with Crippen LogP contribution in [0.3, 0.4) is 0 Å². The Bertz CT molecular complexity index is 1220. The van der Waals surface area contributed by atoms with Crippen molar-refractivity contribution in [1.82, 2.24) is 14.9 Å². The number of aromatic nitrogens is 2. The van der Waals surface area contributed by atoms with Crippen LogP contribution in [-0.2, 0) is 4.79 Å². The first-order chi connectivity index (χ1) is 16.7. The van der Waals surface area contributed by atoms with Crippen molar-refractivity contribution in [3.8, 4) is 5.88 Å². The number of carbonyl (C=O) groups is 2. The van der Waals surface area contributed by atoms with Gasteiger partial charge in [-0.05, 0) is 42.8 Å². The number of nitrogens with one attached hydrogen (secondary N) is 1. The fourth-order valence-corrected chi connectivity index (χ4v) is 4.65. The average molecular weight is 534 g/mol. The van der Waals surface area contributed by atoms with Gasteiger partial charge in [0.25, 0.3) is 5.91 Å². The lowest BCUT2D eigenvalue weighted by Gasteiger charge is -2.25. The molecule has 0 bridgehead atoms. The minimum atomic E-state index is -0.263. The molecule has 0 spiro atoms. The van der Waals surface area contributed by atoms with Gasteiger partial charge in [-0.25, -0.2) is 9.97 Å². The molecule has 0 saturated carbocycles. The Labute approximate surface area is 218 Å². The number of benzene rings is 1. The van der Waals surface area contributed by atoms with Gasteiger partial charge in [0.15, 0.2) is 0 Å². The lowest BCUT2D eigenvalue weighted by Crippen LogP contribution is -2.32. The molecule has 182 valence electrons. The lowest BCUT2D eigenvalue weighted by molar-refractivity contribution is -0.114. The Balaban J connectivity index is 1.57. The molecule has 1 fully saturated rings. The molecule has 1 N–H and O–H groups in total. The first-order valence-corrected chi connectivity index (χ1v) is 12.1. The maximum absolute atomic E-state index is 13.3. The first-order valence-electron chi connectivity index (χ1n) is 11.0. The SMILES string of the molecule is CC(=O)Nc1ccc(C(=O)N2CC([C@@H](C)Oc3ccc(Cl)cn3)[C@H](c3ccc(Cl)c(Cl)c3)C2)cn1. The molecule has 3 heterocycles. The smallest absolute Gasteiger partial charge is 0.255 e. The molecular formula is C25H23Cl3N4O3. The molecule has 0 aliphatic carbocycles. The van der Waals surface area contributed by atoms with Crippen LogP contribution in [0.5, 0.6) is 5.88 Å². The largest absolute Gasteiger partial charge is 0.474 e. The van der Waals surface area contributed by atoms with Crippen LogP contribution < -0.4 is 10.1 Å². The Morgan fingerprint density at radius 3 is 2.46 bits per heavy atom. The van der Waals surface area contributed by atoms with Gasteiger partial charge in [-0.1, -0.05) is 40.9 Å². The number of pyridine rings is 2. The summed E-state index contributed by atoms with van der Waals surface area (Å²) < 4.78 is 6.13. The molecular weight excluding hydrogens is 511 g/mol. The van der Waals surface area contributed by atoms with E-state index in [0.29, 0.717) is 45.4 Å². The third kappa shape index (κ3) is 6.04. The van der Waals surface area contributed by atoms with Crippen molar-refractivity contribution in [1.29, 1.82) is 0 Å². The second-order valence-electron chi connectivity index (χ2n) is 8.40. The predicted octanol–water partition coefficient (Wildman–Crippen LogP) is 5.72. The number of nitrogens with zero attached hydrogens (tertiary/aromatic N) is 3. The van der Waals surface area contributed by atoms with E-state index in [2.05, 4.69) is 15.3 Å². The van der Waals surface area contributed by atoms with Crippen LogP contribution in [0, 0.1) is 5.92 Å². The van der Waals surface area contributed by atoms with Gasteiger partial charge in [0.05, 0.1) is 20.6 Å². The van der Waals surface area contributed by atoms with Crippen LogP contribution in [0.2, 0.25) is 15.1 Å². The maximum Gasteiger partial charge on any atom is 0.255 e. The highest BCUT2D eigenvalue weighted by atomic mass is 35.5. The molecule has 3 atom stereocenters. The van der Waals surface area contributed by atoms with E-state index in [1.54, 1.807) is 35.2 Å². The standard InChI is InChI=1S/C25H23Cl3N4O3/c1-14(35-24-8-5-18(26)11-30-24)19-12-32(13-20(19)16-3-6-21(27)22(28)9-16)25(34)17-4-7-23(29-10-17)31-15(2)33/h3-11,14,19-20H,12-13H2,1-2H3,(H,29,31,33)/t14-,19?,20+/m1/s1.